The zero-order valence-electron chi connectivity index (χ0n) is 15.9. The number of ether oxygens (including phenoxy) is 2. The van der Waals surface area contributed by atoms with Crippen LogP contribution in [0.25, 0.3) is 0 Å². The first-order chi connectivity index (χ1) is 12.1. The molecule has 0 atom stereocenters. The van der Waals surface area contributed by atoms with Crippen LogP contribution in [0.5, 0.6) is 11.5 Å². The van der Waals surface area contributed by atoms with Gasteiger partial charge in [-0.15, -0.1) is 0 Å². The van der Waals surface area contributed by atoms with Gasteiger partial charge in [0.1, 0.15) is 0 Å². The Kier molecular flexibility index (Phi) is 7.78. The second-order valence-electron chi connectivity index (χ2n) is 6.48. The number of aryl methyl sites for hydroxylation is 1. The highest BCUT2D eigenvalue weighted by atomic mass is 32.1. The van der Waals surface area contributed by atoms with Crippen LogP contribution in [0.2, 0.25) is 0 Å². The summed E-state index contributed by atoms with van der Waals surface area (Å²) in [6.07, 6.45) is 2.35. The molecule has 0 spiro atoms. The summed E-state index contributed by atoms with van der Waals surface area (Å²) < 4.78 is 10.8. The van der Waals surface area contributed by atoms with Crippen molar-refractivity contribution in [2.24, 2.45) is 0 Å². The Morgan fingerprint density at radius 2 is 1.76 bits per heavy atom. The number of rotatable bonds is 7. The maximum absolute atomic E-state index is 5.50. The number of benzene rings is 1. The smallest absolute Gasteiger partial charge is 0.169 e. The predicted octanol–water partition coefficient (Wildman–Crippen LogP) is 2.80. The summed E-state index contributed by atoms with van der Waals surface area (Å²) in [7, 11) is 3.36. The van der Waals surface area contributed by atoms with Crippen molar-refractivity contribution in [3.05, 3.63) is 23.3 Å². The molecular formula is C19H31N3O2S. The Hall–Kier alpha value is -1.53. The highest BCUT2D eigenvalue weighted by Crippen LogP contribution is 2.30. The number of nitrogens with one attached hydrogen (secondary N) is 1. The van der Waals surface area contributed by atoms with Gasteiger partial charge < -0.3 is 19.7 Å². The average Bonchev–Trinajstić information content (AvgIpc) is 2.63. The first-order valence-electron chi connectivity index (χ1n) is 9.05. The molecule has 0 amide bonds. The molecule has 1 fully saturated rings. The fourth-order valence-corrected chi connectivity index (χ4v) is 3.31. The van der Waals surface area contributed by atoms with Crippen LogP contribution >= 0.6 is 12.2 Å². The van der Waals surface area contributed by atoms with Gasteiger partial charge in [0.05, 0.1) is 14.2 Å². The Labute approximate surface area is 157 Å². The zero-order valence-corrected chi connectivity index (χ0v) is 16.7. The molecule has 25 heavy (non-hydrogen) atoms. The molecule has 0 radical (unpaired) electrons. The van der Waals surface area contributed by atoms with E-state index in [9.17, 15) is 0 Å². The summed E-state index contributed by atoms with van der Waals surface area (Å²) in [4.78, 5) is 4.75. The van der Waals surface area contributed by atoms with E-state index in [-0.39, 0.29) is 0 Å². The molecule has 5 nitrogen and oxygen atoms in total. The molecule has 0 aliphatic carbocycles. The van der Waals surface area contributed by atoms with Crippen LogP contribution < -0.4 is 14.8 Å². The van der Waals surface area contributed by atoms with Crippen LogP contribution in [0.1, 0.15) is 30.9 Å². The second-order valence-corrected chi connectivity index (χ2v) is 6.87. The highest BCUT2D eigenvalue weighted by Gasteiger charge is 2.20. The maximum atomic E-state index is 5.50. The second kappa shape index (κ2) is 9.82. The first kappa shape index (κ1) is 19.8. The van der Waals surface area contributed by atoms with Crippen LogP contribution in [0.4, 0.5) is 0 Å². The highest BCUT2D eigenvalue weighted by molar-refractivity contribution is 7.80. The molecule has 1 aliphatic heterocycles. The van der Waals surface area contributed by atoms with Gasteiger partial charge in [-0.25, -0.2) is 0 Å². The van der Waals surface area contributed by atoms with Gasteiger partial charge >= 0.3 is 0 Å². The molecule has 0 saturated carbocycles. The molecular weight excluding hydrogens is 334 g/mol. The number of methoxy groups -OCH3 is 2. The summed E-state index contributed by atoms with van der Waals surface area (Å²) in [6, 6.07) is 4.15. The largest absolute Gasteiger partial charge is 0.493 e. The molecule has 0 unspecified atom stereocenters. The lowest BCUT2D eigenvalue weighted by Crippen LogP contribution is -2.51. The predicted molar refractivity (Wildman–Crippen MR) is 107 cm³/mol. The van der Waals surface area contributed by atoms with Crippen molar-refractivity contribution in [2.45, 2.75) is 33.2 Å². The number of nitrogens with zero attached hydrogens (tertiary/aromatic N) is 2. The lowest BCUT2D eigenvalue weighted by atomic mass is 10.1. The van der Waals surface area contributed by atoms with E-state index in [2.05, 4.69) is 41.1 Å². The minimum Gasteiger partial charge on any atom is -0.493 e. The van der Waals surface area contributed by atoms with Gasteiger partial charge in [0.25, 0.3) is 0 Å². The molecule has 6 heteroatoms. The molecule has 1 N–H and O–H groups in total. The van der Waals surface area contributed by atoms with E-state index in [1.807, 2.05) is 0 Å². The van der Waals surface area contributed by atoms with Crippen LogP contribution in [-0.2, 0) is 6.54 Å². The van der Waals surface area contributed by atoms with Crippen LogP contribution in [0.3, 0.4) is 0 Å². The van der Waals surface area contributed by atoms with E-state index in [4.69, 9.17) is 21.7 Å². The lowest BCUT2D eigenvalue weighted by Gasteiger charge is -2.36. The van der Waals surface area contributed by atoms with Gasteiger partial charge in [-0.1, -0.05) is 13.3 Å². The Balaban J connectivity index is 1.88. The summed E-state index contributed by atoms with van der Waals surface area (Å²) >= 11 is 5.50. The zero-order chi connectivity index (χ0) is 18.2. The molecule has 1 aliphatic rings. The molecule has 1 aromatic rings. The van der Waals surface area contributed by atoms with Crippen molar-refractivity contribution >= 4 is 17.3 Å². The molecule has 0 aromatic heterocycles. The van der Waals surface area contributed by atoms with E-state index in [0.717, 1.165) is 55.9 Å². The Morgan fingerprint density at radius 1 is 1.12 bits per heavy atom. The van der Waals surface area contributed by atoms with Gasteiger partial charge in [-0.3, -0.25) is 4.90 Å². The van der Waals surface area contributed by atoms with Crippen molar-refractivity contribution in [2.75, 3.05) is 46.9 Å². The fourth-order valence-electron chi connectivity index (χ4n) is 3.03. The molecule has 140 valence electrons. The van der Waals surface area contributed by atoms with Crippen LogP contribution in [-0.4, -0.2) is 61.9 Å². The normalized spacial score (nSPS) is 15.1. The van der Waals surface area contributed by atoms with Crippen molar-refractivity contribution in [3.8, 4) is 11.5 Å². The number of piperazine rings is 1. The minimum atomic E-state index is 0.789. The first-order valence-corrected chi connectivity index (χ1v) is 9.46. The minimum absolute atomic E-state index is 0.789. The maximum Gasteiger partial charge on any atom is 0.169 e. The SMILES string of the molecule is CCCCNC(=S)N1CCN(Cc2cc(OC)c(OC)cc2C)CC1. The van der Waals surface area contributed by atoms with Crippen molar-refractivity contribution in [1.29, 1.82) is 0 Å². The van der Waals surface area contributed by atoms with Crippen LogP contribution in [0, 0.1) is 6.92 Å². The fraction of sp³-hybridized carbons (Fsp3) is 0.632. The third-order valence-corrected chi connectivity index (χ3v) is 5.10. The van der Waals surface area contributed by atoms with Crippen molar-refractivity contribution < 1.29 is 9.47 Å². The number of unbranched alkanes of at least 4 members (excludes halogenated alkanes) is 1. The number of hydrogen-bond acceptors (Lipinski definition) is 4. The standard InChI is InChI=1S/C19H31N3O2S/c1-5-6-7-20-19(25)22-10-8-21(9-11-22)14-16-13-18(24-4)17(23-3)12-15(16)2/h12-13H,5-11,14H2,1-4H3,(H,20,25). The quantitative estimate of drug-likeness (QED) is 0.592. The number of hydrogen-bond donors (Lipinski definition) is 1. The van der Waals surface area contributed by atoms with Gasteiger partial charge in [-0.2, -0.15) is 0 Å². The average molecular weight is 366 g/mol. The van der Waals surface area contributed by atoms with E-state index >= 15 is 0 Å². The summed E-state index contributed by atoms with van der Waals surface area (Å²) in [5.41, 5.74) is 2.52. The summed E-state index contributed by atoms with van der Waals surface area (Å²) in [5, 5.41) is 4.26. The van der Waals surface area contributed by atoms with Crippen molar-refractivity contribution in [1.82, 2.24) is 15.1 Å². The third kappa shape index (κ3) is 5.47. The molecule has 2 rings (SSSR count). The van der Waals surface area contributed by atoms with Gasteiger partial charge in [-0.05, 0) is 48.8 Å². The summed E-state index contributed by atoms with van der Waals surface area (Å²) in [6.45, 7) is 10.2. The Morgan fingerprint density at radius 3 is 2.36 bits per heavy atom. The topological polar surface area (TPSA) is 37.0 Å². The van der Waals surface area contributed by atoms with Crippen molar-refractivity contribution in [3.63, 3.8) is 0 Å². The molecule has 0 bridgehead atoms. The van der Waals surface area contributed by atoms with E-state index in [1.165, 1.54) is 24.0 Å². The van der Waals surface area contributed by atoms with Gasteiger partial charge in [0.2, 0.25) is 0 Å². The summed E-state index contributed by atoms with van der Waals surface area (Å²) in [5.74, 6) is 1.58. The molecule has 1 saturated heterocycles. The van der Waals surface area contributed by atoms with Gasteiger partial charge in [0.15, 0.2) is 16.6 Å². The van der Waals surface area contributed by atoms with E-state index in [1.54, 1.807) is 14.2 Å². The third-order valence-electron chi connectivity index (χ3n) is 4.70. The lowest BCUT2D eigenvalue weighted by molar-refractivity contribution is 0.174. The molecule has 1 heterocycles. The van der Waals surface area contributed by atoms with E-state index in [0.29, 0.717) is 0 Å². The van der Waals surface area contributed by atoms with Gasteiger partial charge in [0, 0.05) is 39.3 Å². The number of thiocarbonyl (C=S) groups is 1. The monoisotopic (exact) mass is 365 g/mol. The van der Waals surface area contributed by atoms with Crippen LogP contribution in [0.15, 0.2) is 12.1 Å². The molecule has 1 aromatic carbocycles. The Bertz CT molecular complexity index is 572. The van der Waals surface area contributed by atoms with E-state index < -0.39 is 0 Å².